The van der Waals surface area contributed by atoms with Gasteiger partial charge in [-0.25, -0.2) is 0 Å². The average Bonchev–Trinajstić information content (AvgIpc) is 2.63. The molecule has 0 atom stereocenters. The summed E-state index contributed by atoms with van der Waals surface area (Å²) in [5.41, 5.74) is 2.99. The lowest BCUT2D eigenvalue weighted by Gasteiger charge is -2.11. The van der Waals surface area contributed by atoms with Gasteiger partial charge in [0.2, 0.25) is 0 Å². The SMILES string of the molecule is Cc1nc(C(C)C)ccc1C(=O)Nc1ccc(Oc2cccc(Br)c2)cc1. The minimum absolute atomic E-state index is 0.170. The van der Waals surface area contributed by atoms with E-state index in [0.29, 0.717) is 22.9 Å². The van der Waals surface area contributed by atoms with Crippen molar-refractivity contribution in [1.29, 1.82) is 0 Å². The summed E-state index contributed by atoms with van der Waals surface area (Å²) in [7, 11) is 0. The highest BCUT2D eigenvalue weighted by molar-refractivity contribution is 9.10. The van der Waals surface area contributed by atoms with Crippen LogP contribution in [0.15, 0.2) is 65.1 Å². The Morgan fingerprint density at radius 1 is 1.04 bits per heavy atom. The predicted octanol–water partition coefficient (Wildman–Crippen LogP) is 6.32. The van der Waals surface area contributed by atoms with E-state index in [1.807, 2.05) is 67.6 Å². The lowest BCUT2D eigenvalue weighted by atomic mass is 10.1. The van der Waals surface area contributed by atoms with Gasteiger partial charge in [0.25, 0.3) is 5.91 Å². The van der Waals surface area contributed by atoms with Crippen LogP contribution >= 0.6 is 15.9 Å². The van der Waals surface area contributed by atoms with Crippen molar-refractivity contribution in [3.05, 3.63) is 82.1 Å². The number of anilines is 1. The first-order chi connectivity index (χ1) is 12.9. The summed E-state index contributed by atoms with van der Waals surface area (Å²) in [6.07, 6.45) is 0. The Bertz CT molecular complexity index is 953. The number of nitrogens with one attached hydrogen (secondary N) is 1. The van der Waals surface area contributed by atoms with Crippen LogP contribution in [0.1, 0.15) is 41.5 Å². The summed E-state index contributed by atoms with van der Waals surface area (Å²) < 4.78 is 6.76. The molecule has 1 N–H and O–H groups in total. The van der Waals surface area contributed by atoms with Crippen molar-refractivity contribution in [2.75, 3.05) is 5.32 Å². The number of amides is 1. The summed E-state index contributed by atoms with van der Waals surface area (Å²) in [5.74, 6) is 1.60. The van der Waals surface area contributed by atoms with Gasteiger partial charge in [-0.05, 0) is 67.4 Å². The molecule has 0 aliphatic carbocycles. The summed E-state index contributed by atoms with van der Waals surface area (Å²) in [6, 6.07) is 18.6. The lowest BCUT2D eigenvalue weighted by molar-refractivity contribution is 0.102. The normalized spacial score (nSPS) is 10.7. The maximum atomic E-state index is 12.5. The molecule has 0 aliphatic heterocycles. The van der Waals surface area contributed by atoms with Crippen LogP contribution in [0.3, 0.4) is 0 Å². The van der Waals surface area contributed by atoms with Gasteiger partial charge in [0, 0.05) is 15.9 Å². The molecule has 2 aromatic carbocycles. The van der Waals surface area contributed by atoms with Crippen molar-refractivity contribution in [1.82, 2.24) is 4.98 Å². The highest BCUT2D eigenvalue weighted by atomic mass is 79.9. The number of carbonyl (C=O) groups is 1. The molecule has 0 fully saturated rings. The zero-order valence-corrected chi connectivity index (χ0v) is 17.1. The monoisotopic (exact) mass is 424 g/mol. The second kappa shape index (κ2) is 8.35. The van der Waals surface area contributed by atoms with Gasteiger partial charge >= 0.3 is 0 Å². The topological polar surface area (TPSA) is 51.2 Å². The van der Waals surface area contributed by atoms with Gasteiger partial charge in [-0.3, -0.25) is 9.78 Å². The van der Waals surface area contributed by atoms with Crippen LogP contribution in [0.2, 0.25) is 0 Å². The Labute approximate surface area is 167 Å². The first-order valence-electron chi connectivity index (χ1n) is 8.75. The summed E-state index contributed by atoms with van der Waals surface area (Å²) in [4.78, 5) is 17.1. The number of benzene rings is 2. The van der Waals surface area contributed by atoms with E-state index in [2.05, 4.69) is 40.1 Å². The number of aryl methyl sites for hydroxylation is 1. The van der Waals surface area contributed by atoms with E-state index in [0.717, 1.165) is 21.6 Å². The molecule has 0 unspecified atom stereocenters. The Kier molecular flexibility index (Phi) is 5.91. The number of nitrogens with zero attached hydrogens (tertiary/aromatic N) is 1. The van der Waals surface area contributed by atoms with Gasteiger partial charge in [0.1, 0.15) is 11.5 Å². The molecule has 1 heterocycles. The van der Waals surface area contributed by atoms with Gasteiger partial charge in [-0.15, -0.1) is 0 Å². The summed E-state index contributed by atoms with van der Waals surface area (Å²) in [6.45, 7) is 6.02. The van der Waals surface area contributed by atoms with Crippen molar-refractivity contribution in [3.63, 3.8) is 0 Å². The second-order valence-corrected chi connectivity index (χ2v) is 7.48. The Balaban J connectivity index is 1.68. The molecule has 0 radical (unpaired) electrons. The first kappa shape index (κ1) is 19.1. The van der Waals surface area contributed by atoms with Gasteiger partial charge in [0.05, 0.1) is 11.3 Å². The molecule has 0 aliphatic rings. The zero-order chi connectivity index (χ0) is 19.4. The van der Waals surface area contributed by atoms with E-state index >= 15 is 0 Å². The summed E-state index contributed by atoms with van der Waals surface area (Å²) in [5, 5.41) is 2.91. The van der Waals surface area contributed by atoms with E-state index in [1.165, 1.54) is 0 Å². The van der Waals surface area contributed by atoms with Crippen LogP contribution < -0.4 is 10.1 Å². The molecule has 4 nitrogen and oxygen atoms in total. The molecule has 3 rings (SSSR count). The van der Waals surface area contributed by atoms with E-state index in [-0.39, 0.29) is 5.91 Å². The average molecular weight is 425 g/mol. The van der Waals surface area contributed by atoms with E-state index in [4.69, 9.17) is 4.74 Å². The fourth-order valence-electron chi connectivity index (χ4n) is 2.61. The van der Waals surface area contributed by atoms with Gasteiger partial charge in [-0.2, -0.15) is 0 Å². The maximum Gasteiger partial charge on any atom is 0.257 e. The van der Waals surface area contributed by atoms with Gasteiger partial charge < -0.3 is 10.1 Å². The van der Waals surface area contributed by atoms with Crippen molar-refractivity contribution < 1.29 is 9.53 Å². The van der Waals surface area contributed by atoms with Crippen molar-refractivity contribution in [3.8, 4) is 11.5 Å². The minimum Gasteiger partial charge on any atom is -0.457 e. The number of aromatic nitrogens is 1. The quantitative estimate of drug-likeness (QED) is 0.521. The van der Waals surface area contributed by atoms with Crippen molar-refractivity contribution >= 4 is 27.5 Å². The zero-order valence-electron chi connectivity index (χ0n) is 15.5. The van der Waals surface area contributed by atoms with E-state index in [9.17, 15) is 4.79 Å². The highest BCUT2D eigenvalue weighted by Crippen LogP contribution is 2.25. The smallest absolute Gasteiger partial charge is 0.257 e. The fourth-order valence-corrected chi connectivity index (χ4v) is 2.99. The molecule has 1 amide bonds. The van der Waals surface area contributed by atoms with Crippen LogP contribution in [0, 0.1) is 6.92 Å². The second-order valence-electron chi connectivity index (χ2n) is 6.56. The third-order valence-electron chi connectivity index (χ3n) is 4.09. The number of rotatable bonds is 5. The molecule has 138 valence electrons. The molecule has 0 bridgehead atoms. The van der Waals surface area contributed by atoms with Crippen LogP contribution in [0.4, 0.5) is 5.69 Å². The van der Waals surface area contributed by atoms with Crippen LogP contribution in [0.25, 0.3) is 0 Å². The van der Waals surface area contributed by atoms with E-state index in [1.54, 1.807) is 0 Å². The van der Waals surface area contributed by atoms with Crippen molar-refractivity contribution in [2.24, 2.45) is 0 Å². The molecule has 5 heteroatoms. The third-order valence-corrected chi connectivity index (χ3v) is 4.58. The highest BCUT2D eigenvalue weighted by Gasteiger charge is 2.12. The molecule has 0 saturated heterocycles. The Hall–Kier alpha value is -2.66. The van der Waals surface area contributed by atoms with E-state index < -0.39 is 0 Å². The Morgan fingerprint density at radius 2 is 1.78 bits per heavy atom. The van der Waals surface area contributed by atoms with Crippen LogP contribution in [0.5, 0.6) is 11.5 Å². The standard InChI is InChI=1S/C22H21BrN2O2/c1-14(2)21-12-11-20(15(3)24-21)22(26)25-17-7-9-18(10-8-17)27-19-6-4-5-16(23)13-19/h4-14H,1-3H3,(H,25,26). The number of pyridine rings is 1. The number of carbonyl (C=O) groups excluding carboxylic acids is 1. The van der Waals surface area contributed by atoms with Gasteiger partial charge in [0.15, 0.2) is 0 Å². The molecule has 1 aromatic heterocycles. The maximum absolute atomic E-state index is 12.5. The molecule has 27 heavy (non-hydrogen) atoms. The van der Waals surface area contributed by atoms with Gasteiger partial charge in [-0.1, -0.05) is 35.8 Å². The predicted molar refractivity (Wildman–Crippen MR) is 112 cm³/mol. The summed E-state index contributed by atoms with van der Waals surface area (Å²) >= 11 is 3.42. The van der Waals surface area contributed by atoms with Crippen LogP contribution in [-0.2, 0) is 0 Å². The minimum atomic E-state index is -0.170. The Morgan fingerprint density at radius 3 is 2.41 bits per heavy atom. The first-order valence-corrected chi connectivity index (χ1v) is 9.54. The lowest BCUT2D eigenvalue weighted by Crippen LogP contribution is -2.14. The fraction of sp³-hybridized carbons (Fsp3) is 0.182. The third kappa shape index (κ3) is 4.95. The molecule has 0 spiro atoms. The molecular formula is C22H21BrN2O2. The molecule has 3 aromatic rings. The number of ether oxygens (including phenoxy) is 1. The largest absolute Gasteiger partial charge is 0.457 e. The number of halogens is 1. The molecule has 0 saturated carbocycles. The number of hydrogen-bond donors (Lipinski definition) is 1. The van der Waals surface area contributed by atoms with Crippen LogP contribution in [-0.4, -0.2) is 10.9 Å². The molecular weight excluding hydrogens is 404 g/mol. The number of hydrogen-bond acceptors (Lipinski definition) is 3. The van der Waals surface area contributed by atoms with Crippen molar-refractivity contribution in [2.45, 2.75) is 26.7 Å².